The van der Waals surface area contributed by atoms with Crippen molar-refractivity contribution < 1.29 is 9.59 Å². The summed E-state index contributed by atoms with van der Waals surface area (Å²) in [5.74, 6) is -0.0855. The quantitative estimate of drug-likeness (QED) is 0.771. The number of hydrogen-bond donors (Lipinski definition) is 2. The first-order chi connectivity index (χ1) is 10.6. The van der Waals surface area contributed by atoms with E-state index in [1.54, 1.807) is 12.1 Å². The lowest BCUT2D eigenvalue weighted by Gasteiger charge is -2.38. The van der Waals surface area contributed by atoms with E-state index in [-0.39, 0.29) is 22.6 Å². The summed E-state index contributed by atoms with van der Waals surface area (Å²) in [6, 6.07) is 7.23. The molecular formula is C18H28N2O2S. The second kappa shape index (κ2) is 7.86. The molecule has 0 spiro atoms. The van der Waals surface area contributed by atoms with Crippen molar-refractivity contribution in [2.24, 2.45) is 10.8 Å². The van der Waals surface area contributed by atoms with Gasteiger partial charge in [-0.3, -0.25) is 14.3 Å². The molecule has 4 nitrogen and oxygen atoms in total. The molecule has 0 aliphatic rings. The first-order valence-corrected chi connectivity index (χ1v) is 8.72. The molecule has 0 unspecified atom stereocenters. The van der Waals surface area contributed by atoms with Crippen molar-refractivity contribution in [1.29, 1.82) is 0 Å². The molecule has 0 saturated carbocycles. The molecule has 0 aliphatic heterocycles. The molecule has 23 heavy (non-hydrogen) atoms. The zero-order valence-electron chi connectivity index (χ0n) is 14.9. The van der Waals surface area contributed by atoms with E-state index in [1.165, 1.54) is 11.9 Å². The van der Waals surface area contributed by atoms with Crippen molar-refractivity contribution in [3.8, 4) is 0 Å². The van der Waals surface area contributed by atoms with Gasteiger partial charge in [0.25, 0.3) is 5.91 Å². The molecule has 5 heteroatoms. The van der Waals surface area contributed by atoms with Crippen LogP contribution in [0.2, 0.25) is 0 Å². The molecule has 0 atom stereocenters. The predicted molar refractivity (Wildman–Crippen MR) is 96.3 cm³/mol. The van der Waals surface area contributed by atoms with Gasteiger partial charge in [-0.1, -0.05) is 41.5 Å². The van der Waals surface area contributed by atoms with Crippen LogP contribution in [-0.2, 0) is 4.79 Å². The van der Waals surface area contributed by atoms with Gasteiger partial charge in [0.15, 0.2) is 0 Å². The van der Waals surface area contributed by atoms with Crippen LogP contribution < -0.4 is 10.0 Å². The Bertz CT molecular complexity index is 545. The molecule has 0 saturated heterocycles. The largest absolute Gasteiger partial charge is 0.351 e. The van der Waals surface area contributed by atoms with Crippen molar-refractivity contribution in [2.75, 3.05) is 6.54 Å². The normalized spacial score (nSPS) is 11.9. The summed E-state index contributed by atoms with van der Waals surface area (Å²) >= 11 is 1.26. The fourth-order valence-electron chi connectivity index (χ4n) is 1.53. The minimum absolute atomic E-state index is 0.00286. The number of carbonyl (C=O) groups excluding carboxylic acids is 2. The number of rotatable bonds is 6. The zero-order chi connectivity index (χ0) is 17.7. The smallest absolute Gasteiger partial charge is 0.251 e. The van der Waals surface area contributed by atoms with Crippen LogP contribution >= 0.6 is 11.9 Å². The van der Waals surface area contributed by atoms with Crippen LogP contribution in [0.1, 0.15) is 58.3 Å². The maximum Gasteiger partial charge on any atom is 0.251 e. The molecule has 2 N–H and O–H groups in total. The van der Waals surface area contributed by atoms with Crippen LogP contribution in [0.25, 0.3) is 0 Å². The summed E-state index contributed by atoms with van der Waals surface area (Å²) in [4.78, 5) is 24.4. The molecule has 0 aliphatic carbocycles. The fourth-order valence-corrected chi connectivity index (χ4v) is 2.18. The molecule has 1 rings (SSSR count). The SMILES string of the molecule is CCC(=O)NSc1ccc(C(=O)NCC(C)(C)C(C)(C)C)cc1. The molecule has 2 amide bonds. The van der Waals surface area contributed by atoms with Gasteiger partial charge in [-0.2, -0.15) is 0 Å². The third kappa shape index (κ3) is 5.90. The van der Waals surface area contributed by atoms with Crippen molar-refractivity contribution in [2.45, 2.75) is 52.9 Å². The van der Waals surface area contributed by atoms with Crippen molar-refractivity contribution >= 4 is 23.8 Å². The second-order valence-electron chi connectivity index (χ2n) is 7.32. The Balaban J connectivity index is 2.59. The van der Waals surface area contributed by atoms with Gasteiger partial charge in [-0.05, 0) is 47.0 Å². The lowest BCUT2D eigenvalue weighted by molar-refractivity contribution is -0.118. The molecular weight excluding hydrogens is 308 g/mol. The van der Waals surface area contributed by atoms with Crippen LogP contribution in [0.15, 0.2) is 29.2 Å². The standard InChI is InChI=1S/C18H28N2O2S/c1-7-15(21)20-23-14-10-8-13(9-11-14)16(22)19-12-18(5,6)17(2,3)4/h8-11H,7,12H2,1-6H3,(H,19,22)(H,20,21). The highest BCUT2D eigenvalue weighted by Crippen LogP contribution is 2.37. The van der Waals surface area contributed by atoms with E-state index in [0.29, 0.717) is 18.5 Å². The predicted octanol–water partition coefficient (Wildman–Crippen LogP) is 4.02. The average molecular weight is 337 g/mol. The van der Waals surface area contributed by atoms with E-state index in [4.69, 9.17) is 0 Å². The number of benzene rings is 1. The maximum absolute atomic E-state index is 12.3. The molecule has 0 heterocycles. The summed E-state index contributed by atoms with van der Waals surface area (Å²) in [5.41, 5.74) is 0.738. The Kier molecular flexibility index (Phi) is 6.69. The number of nitrogens with one attached hydrogen (secondary N) is 2. The van der Waals surface area contributed by atoms with Crippen LogP contribution in [0.5, 0.6) is 0 Å². The summed E-state index contributed by atoms with van der Waals surface area (Å²) in [7, 11) is 0. The zero-order valence-corrected chi connectivity index (χ0v) is 15.8. The third-order valence-electron chi connectivity index (χ3n) is 4.44. The van der Waals surface area contributed by atoms with E-state index in [2.05, 4.69) is 44.7 Å². The summed E-state index contributed by atoms with van der Waals surface area (Å²) in [6.07, 6.45) is 0.455. The Morgan fingerprint density at radius 1 is 1.04 bits per heavy atom. The van der Waals surface area contributed by atoms with Crippen LogP contribution in [0.3, 0.4) is 0 Å². The van der Waals surface area contributed by atoms with E-state index in [9.17, 15) is 9.59 Å². The van der Waals surface area contributed by atoms with E-state index in [1.807, 2.05) is 19.1 Å². The van der Waals surface area contributed by atoms with Gasteiger partial charge in [-0.15, -0.1) is 0 Å². The van der Waals surface area contributed by atoms with Gasteiger partial charge in [0.1, 0.15) is 0 Å². The van der Waals surface area contributed by atoms with E-state index < -0.39 is 0 Å². The first-order valence-electron chi connectivity index (χ1n) is 7.91. The van der Waals surface area contributed by atoms with Crippen LogP contribution in [0.4, 0.5) is 0 Å². The second-order valence-corrected chi connectivity index (χ2v) is 8.20. The highest BCUT2D eigenvalue weighted by atomic mass is 32.2. The molecule has 0 fully saturated rings. The Labute approximate surface area is 143 Å². The van der Waals surface area contributed by atoms with E-state index in [0.717, 1.165) is 4.90 Å². The highest BCUT2D eigenvalue weighted by molar-refractivity contribution is 7.98. The van der Waals surface area contributed by atoms with Crippen molar-refractivity contribution in [1.82, 2.24) is 10.0 Å². The van der Waals surface area contributed by atoms with Crippen molar-refractivity contribution in [3.05, 3.63) is 29.8 Å². The fraction of sp³-hybridized carbons (Fsp3) is 0.556. The molecule has 0 bridgehead atoms. The van der Waals surface area contributed by atoms with Gasteiger partial charge in [0.2, 0.25) is 5.91 Å². The highest BCUT2D eigenvalue weighted by Gasteiger charge is 2.32. The molecule has 1 aromatic rings. The Morgan fingerprint density at radius 3 is 2.09 bits per heavy atom. The average Bonchev–Trinajstić information content (AvgIpc) is 2.49. The lowest BCUT2D eigenvalue weighted by Crippen LogP contribution is -2.41. The maximum atomic E-state index is 12.3. The summed E-state index contributed by atoms with van der Waals surface area (Å²) in [5, 5.41) is 3.01. The minimum Gasteiger partial charge on any atom is -0.351 e. The molecule has 1 aromatic carbocycles. The molecule has 0 radical (unpaired) electrons. The van der Waals surface area contributed by atoms with Gasteiger partial charge in [0, 0.05) is 23.4 Å². The lowest BCUT2D eigenvalue weighted by atomic mass is 9.69. The number of amides is 2. The van der Waals surface area contributed by atoms with Gasteiger partial charge < -0.3 is 5.32 Å². The van der Waals surface area contributed by atoms with Crippen LogP contribution in [0, 0.1) is 10.8 Å². The Morgan fingerprint density at radius 2 is 1.61 bits per heavy atom. The monoisotopic (exact) mass is 336 g/mol. The Hall–Kier alpha value is -1.49. The molecule has 128 valence electrons. The number of hydrogen-bond acceptors (Lipinski definition) is 3. The van der Waals surface area contributed by atoms with Gasteiger partial charge >= 0.3 is 0 Å². The topological polar surface area (TPSA) is 58.2 Å². The third-order valence-corrected chi connectivity index (χ3v) is 5.28. The number of carbonyl (C=O) groups is 2. The summed E-state index contributed by atoms with van der Waals surface area (Å²) < 4.78 is 2.74. The van der Waals surface area contributed by atoms with Gasteiger partial charge in [-0.25, -0.2) is 0 Å². The van der Waals surface area contributed by atoms with E-state index >= 15 is 0 Å². The minimum atomic E-state index is -0.0727. The van der Waals surface area contributed by atoms with Crippen LogP contribution in [-0.4, -0.2) is 18.4 Å². The molecule has 0 aromatic heterocycles. The summed E-state index contributed by atoms with van der Waals surface area (Å²) in [6.45, 7) is 13.3. The van der Waals surface area contributed by atoms with Crippen molar-refractivity contribution in [3.63, 3.8) is 0 Å². The first kappa shape index (κ1) is 19.6. The van der Waals surface area contributed by atoms with Gasteiger partial charge in [0.05, 0.1) is 0 Å².